The van der Waals surface area contributed by atoms with Gasteiger partial charge < -0.3 is 9.84 Å². The third kappa shape index (κ3) is 11.9. The molecular formula is C29H45N5O2. The average molecular weight is 496 g/mol. The molecule has 0 aliphatic rings. The zero-order chi connectivity index (χ0) is 27.2. The van der Waals surface area contributed by atoms with E-state index < -0.39 is 0 Å². The Morgan fingerprint density at radius 3 is 2.17 bits per heavy atom. The van der Waals surface area contributed by atoms with Gasteiger partial charge in [-0.2, -0.15) is 5.21 Å². The van der Waals surface area contributed by atoms with Gasteiger partial charge in [0.1, 0.15) is 12.4 Å². The van der Waals surface area contributed by atoms with E-state index in [1.807, 2.05) is 77.9 Å². The number of fused-ring (bicyclic) bond motifs is 1. The molecule has 0 saturated heterocycles. The van der Waals surface area contributed by atoms with Gasteiger partial charge in [-0.1, -0.05) is 90.1 Å². The summed E-state index contributed by atoms with van der Waals surface area (Å²) in [5.74, 6) is 2.18. The van der Waals surface area contributed by atoms with E-state index in [2.05, 4.69) is 56.8 Å². The second-order valence-corrected chi connectivity index (χ2v) is 7.10. The highest BCUT2D eigenvalue weighted by Gasteiger charge is 2.07. The zero-order valence-electron chi connectivity index (χ0n) is 23.3. The monoisotopic (exact) mass is 495 g/mol. The van der Waals surface area contributed by atoms with E-state index in [4.69, 9.17) is 9.84 Å². The fraction of sp³-hybridized carbons (Fsp3) is 0.448. The number of aliphatic hydroxyl groups excluding tert-OH is 1. The Bertz CT molecular complexity index is 1020. The summed E-state index contributed by atoms with van der Waals surface area (Å²) in [4.78, 5) is 4.65. The topological polar surface area (TPSA) is 96.8 Å². The van der Waals surface area contributed by atoms with Crippen molar-refractivity contribution in [1.82, 2.24) is 25.6 Å². The summed E-state index contributed by atoms with van der Waals surface area (Å²) in [6.45, 7) is 14.7. The van der Waals surface area contributed by atoms with Crippen molar-refractivity contribution >= 4 is 10.9 Å². The van der Waals surface area contributed by atoms with Gasteiger partial charge in [-0.3, -0.25) is 0 Å². The lowest BCUT2D eigenvalue weighted by atomic mass is 9.96. The third-order valence-electron chi connectivity index (χ3n) is 4.80. The predicted octanol–water partition coefficient (Wildman–Crippen LogP) is 6.83. The number of hydrogen-bond acceptors (Lipinski definition) is 6. The van der Waals surface area contributed by atoms with Gasteiger partial charge in [-0.25, -0.2) is 4.98 Å². The van der Waals surface area contributed by atoms with Gasteiger partial charge in [-0.15, -0.1) is 10.2 Å². The van der Waals surface area contributed by atoms with Crippen LogP contribution in [0.3, 0.4) is 0 Å². The molecule has 4 aromatic rings. The molecule has 7 heteroatoms. The molecule has 0 fully saturated rings. The van der Waals surface area contributed by atoms with Crippen molar-refractivity contribution in [2.45, 2.75) is 74.3 Å². The van der Waals surface area contributed by atoms with Crippen LogP contribution in [-0.4, -0.2) is 37.8 Å². The van der Waals surface area contributed by atoms with Crippen LogP contribution in [0.5, 0.6) is 5.75 Å². The van der Waals surface area contributed by atoms with Crippen LogP contribution in [0.1, 0.15) is 72.0 Å². The largest absolute Gasteiger partial charge is 0.487 e. The number of para-hydroxylation sites is 1. The third-order valence-corrected chi connectivity index (χ3v) is 4.80. The number of pyridine rings is 1. The van der Waals surface area contributed by atoms with Gasteiger partial charge in [0.15, 0.2) is 5.82 Å². The predicted molar refractivity (Wildman–Crippen MR) is 150 cm³/mol. The summed E-state index contributed by atoms with van der Waals surface area (Å²) in [5, 5.41) is 22.2. The number of nitrogens with zero attached hydrogens (tertiary/aromatic N) is 4. The molecule has 2 N–H and O–H groups in total. The quantitative estimate of drug-likeness (QED) is 0.278. The lowest BCUT2D eigenvalue weighted by Gasteiger charge is -2.11. The molecule has 0 aliphatic heterocycles. The van der Waals surface area contributed by atoms with E-state index in [1.165, 1.54) is 5.56 Å². The zero-order valence-corrected chi connectivity index (χ0v) is 23.3. The molecule has 2 aromatic heterocycles. The van der Waals surface area contributed by atoms with Gasteiger partial charge in [-0.05, 0) is 48.6 Å². The smallest absolute Gasteiger partial charge is 0.174 e. The van der Waals surface area contributed by atoms with Crippen molar-refractivity contribution in [3.8, 4) is 5.75 Å². The molecular weight excluding hydrogens is 450 g/mol. The molecule has 1 atom stereocenters. The van der Waals surface area contributed by atoms with Crippen molar-refractivity contribution in [3.05, 3.63) is 77.7 Å². The van der Waals surface area contributed by atoms with Crippen molar-refractivity contribution in [1.29, 1.82) is 0 Å². The second-order valence-electron chi connectivity index (χ2n) is 7.10. The second kappa shape index (κ2) is 21.0. The molecule has 0 saturated carbocycles. The van der Waals surface area contributed by atoms with Crippen molar-refractivity contribution < 1.29 is 9.84 Å². The van der Waals surface area contributed by atoms with E-state index in [1.54, 1.807) is 0 Å². The van der Waals surface area contributed by atoms with Gasteiger partial charge in [0.2, 0.25) is 0 Å². The number of aromatic nitrogens is 5. The first-order valence-corrected chi connectivity index (χ1v) is 13.0. The Labute approximate surface area is 217 Å². The van der Waals surface area contributed by atoms with Crippen LogP contribution in [0.25, 0.3) is 10.9 Å². The van der Waals surface area contributed by atoms with Crippen LogP contribution in [0.2, 0.25) is 0 Å². The maximum Gasteiger partial charge on any atom is 0.174 e. The standard InChI is InChI=1S/C22H23N5O.3C2H6.CH4O/c1-16(6-13-22-24-26-27-25-22)14-17-7-11-20(12-8-17)28-15-19-10-9-18-4-2-3-5-21(18)23-19;4*1-2/h2-5,7-12,16H,6,13-15H2,1H3,(H,24,25,26,27);3*1-2H3;2H,1H3. The molecule has 1 unspecified atom stereocenters. The number of hydrogen-bond donors (Lipinski definition) is 2. The number of aliphatic hydroxyl groups is 1. The van der Waals surface area contributed by atoms with Gasteiger partial charge in [0.25, 0.3) is 0 Å². The minimum atomic E-state index is 0.464. The van der Waals surface area contributed by atoms with Crippen LogP contribution < -0.4 is 4.74 Å². The summed E-state index contributed by atoms with van der Waals surface area (Å²) in [6.07, 6.45) is 2.90. The summed E-state index contributed by atoms with van der Waals surface area (Å²) in [7, 11) is 1.00. The van der Waals surface area contributed by atoms with E-state index in [0.29, 0.717) is 12.5 Å². The highest BCUT2D eigenvalue weighted by Crippen LogP contribution is 2.19. The van der Waals surface area contributed by atoms with E-state index in [9.17, 15) is 0 Å². The first-order chi connectivity index (χ1) is 17.8. The summed E-state index contributed by atoms with van der Waals surface area (Å²) in [6, 6.07) is 20.5. The highest BCUT2D eigenvalue weighted by molar-refractivity contribution is 5.78. The lowest BCUT2D eigenvalue weighted by molar-refractivity contribution is 0.301. The molecule has 0 bridgehead atoms. The Balaban J connectivity index is 0.00000140. The van der Waals surface area contributed by atoms with Gasteiger partial charge in [0, 0.05) is 18.9 Å². The van der Waals surface area contributed by atoms with Crippen molar-refractivity contribution in [2.75, 3.05) is 7.11 Å². The average Bonchev–Trinajstić information content (AvgIpc) is 3.50. The molecule has 2 heterocycles. The van der Waals surface area contributed by atoms with Crippen LogP contribution >= 0.6 is 0 Å². The van der Waals surface area contributed by atoms with Crippen molar-refractivity contribution in [2.24, 2.45) is 5.92 Å². The number of nitrogens with one attached hydrogen (secondary N) is 1. The number of aromatic amines is 1. The SMILES string of the molecule is CC.CC.CC.CC(CCc1nn[nH]n1)Cc1ccc(OCc2ccc3ccccc3n2)cc1.CO. The normalized spacial score (nSPS) is 10.1. The fourth-order valence-corrected chi connectivity index (χ4v) is 3.24. The Morgan fingerprint density at radius 1 is 0.861 bits per heavy atom. The minimum Gasteiger partial charge on any atom is -0.487 e. The van der Waals surface area contributed by atoms with E-state index in [0.717, 1.165) is 54.5 Å². The lowest BCUT2D eigenvalue weighted by Crippen LogP contribution is -2.03. The number of aryl methyl sites for hydroxylation is 1. The minimum absolute atomic E-state index is 0.464. The molecule has 0 radical (unpaired) electrons. The van der Waals surface area contributed by atoms with E-state index >= 15 is 0 Å². The number of benzene rings is 2. The number of rotatable bonds is 8. The van der Waals surface area contributed by atoms with E-state index in [-0.39, 0.29) is 0 Å². The van der Waals surface area contributed by atoms with Gasteiger partial charge in [0.05, 0.1) is 11.2 Å². The molecule has 198 valence electrons. The summed E-state index contributed by atoms with van der Waals surface area (Å²) < 4.78 is 5.91. The molecule has 36 heavy (non-hydrogen) atoms. The first-order valence-electron chi connectivity index (χ1n) is 13.0. The highest BCUT2D eigenvalue weighted by atomic mass is 16.5. The number of H-pyrrole nitrogens is 1. The summed E-state index contributed by atoms with van der Waals surface area (Å²) in [5.41, 5.74) is 3.23. The Morgan fingerprint density at radius 2 is 1.53 bits per heavy atom. The molecule has 0 amide bonds. The van der Waals surface area contributed by atoms with Crippen molar-refractivity contribution in [3.63, 3.8) is 0 Å². The molecule has 7 nitrogen and oxygen atoms in total. The van der Waals surface area contributed by atoms with Crippen LogP contribution in [0.4, 0.5) is 0 Å². The number of tetrazole rings is 1. The first kappa shape index (κ1) is 32.7. The molecule has 0 spiro atoms. The maximum absolute atomic E-state index is 7.00. The molecule has 2 aromatic carbocycles. The molecule has 0 aliphatic carbocycles. The fourth-order valence-electron chi connectivity index (χ4n) is 3.24. The van der Waals surface area contributed by atoms with Crippen LogP contribution in [0.15, 0.2) is 60.7 Å². The molecule has 4 rings (SSSR count). The Kier molecular flexibility index (Phi) is 19.1. The number of ether oxygens (including phenoxy) is 1. The summed E-state index contributed by atoms with van der Waals surface area (Å²) >= 11 is 0. The van der Waals surface area contributed by atoms with Gasteiger partial charge >= 0.3 is 0 Å². The van der Waals surface area contributed by atoms with Crippen LogP contribution in [-0.2, 0) is 19.4 Å². The van der Waals surface area contributed by atoms with Crippen LogP contribution in [0, 0.1) is 5.92 Å². The maximum atomic E-state index is 7.00. The Hall–Kier alpha value is -3.32.